The highest BCUT2D eigenvalue weighted by Crippen LogP contribution is 2.36. The molecule has 1 nitrogen and oxygen atoms in total. The van der Waals surface area contributed by atoms with Crippen LogP contribution in [0.3, 0.4) is 0 Å². The summed E-state index contributed by atoms with van der Waals surface area (Å²) in [6.07, 6.45) is 12.0. The Morgan fingerprint density at radius 1 is 1.40 bits per heavy atom. The van der Waals surface area contributed by atoms with E-state index in [9.17, 15) is 4.79 Å². The summed E-state index contributed by atoms with van der Waals surface area (Å²) >= 11 is 0. The van der Waals surface area contributed by atoms with Crippen LogP contribution in [-0.2, 0) is 4.79 Å². The third-order valence-corrected chi connectivity index (χ3v) is 2.83. The lowest BCUT2D eigenvalue weighted by Gasteiger charge is -2.29. The highest BCUT2D eigenvalue weighted by atomic mass is 16.1. The van der Waals surface area contributed by atoms with Crippen molar-refractivity contribution < 1.29 is 4.79 Å². The number of aldehydes is 1. The first kappa shape index (κ1) is 12.0. The van der Waals surface area contributed by atoms with Crippen LogP contribution in [0.4, 0.5) is 0 Å². The molecule has 0 aliphatic heterocycles. The molecule has 0 fully saturated rings. The molecule has 1 rings (SSSR count). The van der Waals surface area contributed by atoms with Crippen molar-refractivity contribution >= 4 is 6.29 Å². The average Bonchev–Trinajstić information content (AvgIpc) is 2.14. The fourth-order valence-electron chi connectivity index (χ4n) is 1.68. The number of hydrogen-bond donors (Lipinski definition) is 0. The van der Waals surface area contributed by atoms with Gasteiger partial charge in [0.25, 0.3) is 0 Å². The zero-order chi connectivity index (χ0) is 11.5. The minimum atomic E-state index is 0.00958. The molecule has 0 radical (unpaired) electrons. The van der Waals surface area contributed by atoms with E-state index in [1.807, 2.05) is 6.08 Å². The van der Waals surface area contributed by atoms with Gasteiger partial charge >= 0.3 is 0 Å². The van der Waals surface area contributed by atoms with Gasteiger partial charge in [-0.1, -0.05) is 52.0 Å². The predicted molar refractivity (Wildman–Crippen MR) is 64.6 cm³/mol. The minimum Gasteiger partial charge on any atom is -0.299 e. The van der Waals surface area contributed by atoms with Crippen LogP contribution in [0.25, 0.3) is 0 Å². The van der Waals surface area contributed by atoms with Crippen molar-refractivity contribution in [3.63, 3.8) is 0 Å². The lowest BCUT2D eigenvalue weighted by atomic mass is 9.76. The van der Waals surface area contributed by atoms with E-state index in [-0.39, 0.29) is 10.8 Å². The van der Waals surface area contributed by atoms with E-state index in [1.165, 1.54) is 5.57 Å². The van der Waals surface area contributed by atoms with Gasteiger partial charge in [-0.3, -0.25) is 4.79 Å². The van der Waals surface area contributed by atoms with Gasteiger partial charge in [-0.05, 0) is 23.5 Å². The molecule has 0 aromatic rings. The van der Waals surface area contributed by atoms with E-state index in [0.717, 1.165) is 12.7 Å². The van der Waals surface area contributed by atoms with Gasteiger partial charge < -0.3 is 0 Å². The van der Waals surface area contributed by atoms with Crippen LogP contribution in [0.1, 0.15) is 34.1 Å². The topological polar surface area (TPSA) is 17.1 Å². The zero-order valence-corrected chi connectivity index (χ0v) is 10.1. The second-order valence-corrected chi connectivity index (χ2v) is 5.45. The summed E-state index contributed by atoms with van der Waals surface area (Å²) in [5.41, 5.74) is 1.60. The summed E-state index contributed by atoms with van der Waals surface area (Å²) in [5, 5.41) is 0. The Kier molecular flexibility index (Phi) is 3.33. The Hall–Kier alpha value is -1.11. The lowest BCUT2D eigenvalue weighted by Crippen LogP contribution is -2.16. The van der Waals surface area contributed by atoms with Crippen LogP contribution in [0, 0.1) is 10.8 Å². The van der Waals surface area contributed by atoms with E-state index in [4.69, 9.17) is 0 Å². The van der Waals surface area contributed by atoms with Gasteiger partial charge in [-0.2, -0.15) is 0 Å². The van der Waals surface area contributed by atoms with Gasteiger partial charge in [0.1, 0.15) is 6.29 Å². The Bertz CT molecular complexity index is 326. The summed E-state index contributed by atoms with van der Waals surface area (Å²) in [5.74, 6) is 0. The quantitative estimate of drug-likeness (QED) is 0.495. The maximum absolute atomic E-state index is 10.3. The molecule has 0 bridgehead atoms. The highest BCUT2D eigenvalue weighted by Gasteiger charge is 2.23. The summed E-state index contributed by atoms with van der Waals surface area (Å²) in [4.78, 5) is 10.3. The van der Waals surface area contributed by atoms with Crippen molar-refractivity contribution in [1.82, 2.24) is 0 Å². The standard InChI is InChI=1S/C14H20O/c1-13(2,3)12-6-9-14(4,10-7-12)8-5-11-15/h5-9,11H,10H2,1-4H3/b8-5+. The average molecular weight is 204 g/mol. The normalized spacial score (nSPS) is 26.8. The maximum Gasteiger partial charge on any atom is 0.142 e. The molecule has 0 saturated carbocycles. The fourth-order valence-corrected chi connectivity index (χ4v) is 1.68. The molecule has 0 aromatic carbocycles. The first-order valence-electron chi connectivity index (χ1n) is 5.40. The molecule has 1 heteroatoms. The first-order chi connectivity index (χ1) is 6.87. The third-order valence-electron chi connectivity index (χ3n) is 2.83. The van der Waals surface area contributed by atoms with Gasteiger partial charge in [-0.15, -0.1) is 0 Å². The molecular formula is C14H20O. The van der Waals surface area contributed by atoms with E-state index in [2.05, 4.69) is 45.9 Å². The molecule has 0 saturated heterocycles. The molecule has 1 aliphatic rings. The van der Waals surface area contributed by atoms with Gasteiger partial charge in [0.15, 0.2) is 0 Å². The number of allylic oxidation sites excluding steroid dienone is 6. The summed E-state index contributed by atoms with van der Waals surface area (Å²) in [6, 6.07) is 0. The van der Waals surface area contributed by atoms with Crippen molar-refractivity contribution in [1.29, 1.82) is 0 Å². The molecule has 0 amide bonds. The fraction of sp³-hybridized carbons (Fsp3) is 0.500. The molecule has 0 N–H and O–H groups in total. The Morgan fingerprint density at radius 2 is 2.07 bits per heavy atom. The molecule has 0 spiro atoms. The van der Waals surface area contributed by atoms with Crippen LogP contribution in [0.2, 0.25) is 0 Å². The SMILES string of the molecule is CC1(/C=C/C=O)C=CC(C(C)(C)C)=CC1. The Labute approximate surface area is 92.6 Å². The summed E-state index contributed by atoms with van der Waals surface area (Å²) in [7, 11) is 0. The summed E-state index contributed by atoms with van der Waals surface area (Å²) in [6.45, 7) is 8.78. The molecule has 1 atom stereocenters. The van der Waals surface area contributed by atoms with E-state index in [0.29, 0.717) is 0 Å². The second-order valence-electron chi connectivity index (χ2n) is 5.45. The molecule has 82 valence electrons. The van der Waals surface area contributed by atoms with Crippen molar-refractivity contribution in [2.24, 2.45) is 10.8 Å². The Balaban J connectivity index is 2.79. The molecule has 1 unspecified atom stereocenters. The van der Waals surface area contributed by atoms with Crippen molar-refractivity contribution in [3.8, 4) is 0 Å². The van der Waals surface area contributed by atoms with Crippen LogP contribution < -0.4 is 0 Å². The molecular weight excluding hydrogens is 184 g/mol. The first-order valence-corrected chi connectivity index (χ1v) is 5.40. The van der Waals surface area contributed by atoms with Crippen molar-refractivity contribution in [2.75, 3.05) is 0 Å². The largest absolute Gasteiger partial charge is 0.299 e. The van der Waals surface area contributed by atoms with Crippen LogP contribution in [0.5, 0.6) is 0 Å². The van der Waals surface area contributed by atoms with Crippen LogP contribution in [-0.4, -0.2) is 6.29 Å². The van der Waals surface area contributed by atoms with Crippen molar-refractivity contribution in [3.05, 3.63) is 36.0 Å². The second kappa shape index (κ2) is 4.18. The van der Waals surface area contributed by atoms with Crippen LogP contribution >= 0.6 is 0 Å². The van der Waals surface area contributed by atoms with E-state index < -0.39 is 0 Å². The van der Waals surface area contributed by atoms with Gasteiger partial charge in [0.05, 0.1) is 0 Å². The highest BCUT2D eigenvalue weighted by molar-refractivity contribution is 5.65. The third kappa shape index (κ3) is 3.19. The van der Waals surface area contributed by atoms with Gasteiger partial charge in [0, 0.05) is 5.41 Å². The van der Waals surface area contributed by atoms with E-state index in [1.54, 1.807) is 6.08 Å². The molecule has 0 aromatic heterocycles. The summed E-state index contributed by atoms with van der Waals surface area (Å²) < 4.78 is 0. The number of rotatable bonds is 2. The molecule has 1 aliphatic carbocycles. The van der Waals surface area contributed by atoms with Crippen molar-refractivity contribution in [2.45, 2.75) is 34.1 Å². The van der Waals surface area contributed by atoms with E-state index >= 15 is 0 Å². The smallest absolute Gasteiger partial charge is 0.142 e. The lowest BCUT2D eigenvalue weighted by molar-refractivity contribution is -0.104. The van der Waals surface area contributed by atoms with Gasteiger partial charge in [-0.25, -0.2) is 0 Å². The molecule has 15 heavy (non-hydrogen) atoms. The number of carbonyl (C=O) groups excluding carboxylic acids is 1. The minimum absolute atomic E-state index is 0.00958. The van der Waals surface area contributed by atoms with Crippen LogP contribution in [0.15, 0.2) is 36.0 Å². The predicted octanol–water partition coefficient (Wildman–Crippen LogP) is 3.68. The zero-order valence-electron chi connectivity index (χ0n) is 10.1. The Morgan fingerprint density at radius 3 is 2.47 bits per heavy atom. The number of carbonyl (C=O) groups is 1. The monoisotopic (exact) mass is 204 g/mol. The van der Waals surface area contributed by atoms with Gasteiger partial charge in [0.2, 0.25) is 0 Å². The molecule has 0 heterocycles. The number of hydrogen-bond acceptors (Lipinski definition) is 1. The maximum atomic E-state index is 10.3.